The van der Waals surface area contributed by atoms with Gasteiger partial charge < -0.3 is 4.74 Å². The molecule has 1 aromatic heterocycles. The van der Waals surface area contributed by atoms with E-state index >= 15 is 0 Å². The molecular formula is C12H14N2OS. The van der Waals surface area contributed by atoms with E-state index in [2.05, 4.69) is 29.3 Å². The normalized spacial score (nSPS) is 10.8. The summed E-state index contributed by atoms with van der Waals surface area (Å²) in [7, 11) is 1.69. The van der Waals surface area contributed by atoms with Gasteiger partial charge in [-0.15, -0.1) is 0 Å². The maximum atomic E-state index is 5.49. The highest BCUT2D eigenvalue weighted by atomic mass is 32.1. The lowest BCUT2D eigenvalue weighted by Gasteiger charge is -2.14. The largest absolute Gasteiger partial charge is 0.496 e. The van der Waals surface area contributed by atoms with Crippen LogP contribution in [-0.2, 0) is 0 Å². The van der Waals surface area contributed by atoms with E-state index in [1.165, 1.54) is 17.1 Å². The summed E-state index contributed by atoms with van der Waals surface area (Å²) in [4.78, 5) is 4.22. The summed E-state index contributed by atoms with van der Waals surface area (Å²) in [6.07, 6.45) is 0. The van der Waals surface area contributed by atoms with Gasteiger partial charge in [-0.05, 0) is 29.1 Å². The van der Waals surface area contributed by atoms with Gasteiger partial charge in [-0.3, -0.25) is 0 Å². The van der Waals surface area contributed by atoms with Gasteiger partial charge in [-0.2, -0.15) is 4.37 Å². The molecule has 0 aliphatic carbocycles. The summed E-state index contributed by atoms with van der Waals surface area (Å²) in [5.74, 6) is 2.05. The molecule has 16 heavy (non-hydrogen) atoms. The van der Waals surface area contributed by atoms with Crippen molar-refractivity contribution in [2.45, 2.75) is 19.8 Å². The number of aromatic nitrogens is 2. The third-order valence-electron chi connectivity index (χ3n) is 2.47. The molecule has 1 aromatic carbocycles. The lowest BCUT2D eigenvalue weighted by Crippen LogP contribution is -1.97. The van der Waals surface area contributed by atoms with Crippen LogP contribution in [0.4, 0.5) is 0 Å². The second-order valence-corrected chi connectivity index (χ2v) is 4.44. The van der Waals surface area contributed by atoms with Crippen molar-refractivity contribution >= 4 is 11.5 Å². The second-order valence-electron chi connectivity index (χ2n) is 3.84. The van der Waals surface area contributed by atoms with Gasteiger partial charge in [-0.1, -0.05) is 26.0 Å². The topological polar surface area (TPSA) is 35.0 Å². The highest BCUT2D eigenvalue weighted by molar-refractivity contribution is 7.03. The van der Waals surface area contributed by atoms with Gasteiger partial charge in [0, 0.05) is 0 Å². The average Bonchev–Trinajstić information content (AvgIpc) is 2.81. The van der Waals surface area contributed by atoms with Crippen LogP contribution in [-0.4, -0.2) is 16.5 Å². The number of ether oxygens (including phenoxy) is 1. The number of para-hydroxylation sites is 1. The van der Waals surface area contributed by atoms with E-state index < -0.39 is 0 Å². The Labute approximate surface area is 99.3 Å². The summed E-state index contributed by atoms with van der Waals surface area (Å²) in [6.45, 7) is 4.30. The molecule has 0 saturated heterocycles. The number of nitrogens with zero attached hydrogens (tertiary/aromatic N) is 2. The molecule has 0 bridgehead atoms. The quantitative estimate of drug-likeness (QED) is 0.817. The summed E-state index contributed by atoms with van der Waals surface area (Å²) >= 11 is 1.35. The first-order chi connectivity index (χ1) is 7.74. The molecule has 0 spiro atoms. The van der Waals surface area contributed by atoms with Gasteiger partial charge in [0.2, 0.25) is 0 Å². The average molecular weight is 234 g/mol. The van der Waals surface area contributed by atoms with Crippen LogP contribution in [0, 0.1) is 0 Å². The molecule has 0 aliphatic rings. The Bertz CT molecular complexity index is 466. The molecule has 3 nitrogen and oxygen atoms in total. The molecule has 2 rings (SSSR count). The van der Waals surface area contributed by atoms with Crippen LogP contribution in [0.3, 0.4) is 0 Å². The molecule has 1 heterocycles. The first-order valence-corrected chi connectivity index (χ1v) is 6.01. The van der Waals surface area contributed by atoms with Crippen LogP contribution in [0.2, 0.25) is 0 Å². The zero-order valence-electron chi connectivity index (χ0n) is 9.60. The van der Waals surface area contributed by atoms with Crippen molar-refractivity contribution in [3.8, 4) is 17.1 Å². The summed E-state index contributed by atoms with van der Waals surface area (Å²) < 4.78 is 9.73. The van der Waals surface area contributed by atoms with Gasteiger partial charge >= 0.3 is 0 Å². The maximum Gasteiger partial charge on any atom is 0.176 e. The minimum absolute atomic E-state index is 0.425. The smallest absolute Gasteiger partial charge is 0.176 e. The lowest BCUT2D eigenvalue weighted by atomic mass is 9.99. The Balaban J connectivity index is 2.58. The van der Waals surface area contributed by atoms with Gasteiger partial charge in [0.15, 0.2) is 5.82 Å². The molecular weight excluding hydrogens is 220 g/mol. The van der Waals surface area contributed by atoms with Crippen molar-refractivity contribution in [1.82, 2.24) is 9.36 Å². The second kappa shape index (κ2) is 4.61. The number of benzene rings is 1. The van der Waals surface area contributed by atoms with E-state index in [9.17, 15) is 0 Å². The van der Waals surface area contributed by atoms with Crippen LogP contribution in [0.15, 0.2) is 23.7 Å². The highest BCUT2D eigenvalue weighted by Gasteiger charge is 2.14. The Morgan fingerprint density at radius 3 is 2.69 bits per heavy atom. The van der Waals surface area contributed by atoms with Crippen molar-refractivity contribution in [3.63, 3.8) is 0 Å². The van der Waals surface area contributed by atoms with Gasteiger partial charge in [-0.25, -0.2) is 4.98 Å². The first kappa shape index (κ1) is 11.1. The zero-order valence-corrected chi connectivity index (χ0v) is 10.4. The number of hydrogen-bond donors (Lipinski definition) is 0. The van der Waals surface area contributed by atoms with E-state index in [0.29, 0.717) is 5.92 Å². The molecule has 0 aliphatic heterocycles. The van der Waals surface area contributed by atoms with E-state index in [4.69, 9.17) is 4.74 Å². The van der Waals surface area contributed by atoms with Gasteiger partial charge in [0.1, 0.15) is 11.3 Å². The minimum Gasteiger partial charge on any atom is -0.496 e. The standard InChI is InChI=1S/C12H14N2OS/c1-8(2)9-5-4-6-10(11(9)15-3)12-13-7-16-14-12/h4-8H,1-3H3. The Morgan fingerprint density at radius 2 is 2.12 bits per heavy atom. The Morgan fingerprint density at radius 1 is 1.31 bits per heavy atom. The predicted octanol–water partition coefficient (Wildman–Crippen LogP) is 3.34. The molecule has 84 valence electrons. The molecule has 0 atom stereocenters. The fourth-order valence-corrected chi connectivity index (χ4v) is 2.14. The molecule has 0 saturated carbocycles. The van der Waals surface area contributed by atoms with Crippen molar-refractivity contribution in [1.29, 1.82) is 0 Å². The minimum atomic E-state index is 0.425. The van der Waals surface area contributed by atoms with Gasteiger partial charge in [0.25, 0.3) is 0 Å². The monoisotopic (exact) mass is 234 g/mol. The molecule has 0 amide bonds. The van der Waals surface area contributed by atoms with Crippen molar-refractivity contribution in [2.75, 3.05) is 7.11 Å². The molecule has 4 heteroatoms. The van der Waals surface area contributed by atoms with E-state index in [1.807, 2.05) is 12.1 Å². The SMILES string of the molecule is COc1c(-c2ncsn2)cccc1C(C)C. The molecule has 0 radical (unpaired) electrons. The summed E-state index contributed by atoms with van der Waals surface area (Å²) in [5, 5.41) is 0. The van der Waals surface area contributed by atoms with Gasteiger partial charge in [0.05, 0.1) is 12.7 Å². The highest BCUT2D eigenvalue weighted by Crippen LogP contribution is 2.35. The third-order valence-corrected chi connectivity index (χ3v) is 2.95. The van der Waals surface area contributed by atoms with E-state index in [-0.39, 0.29) is 0 Å². The predicted molar refractivity (Wildman–Crippen MR) is 66.0 cm³/mol. The first-order valence-electron chi connectivity index (χ1n) is 5.17. The lowest BCUT2D eigenvalue weighted by molar-refractivity contribution is 0.409. The van der Waals surface area contributed by atoms with Crippen LogP contribution in [0.25, 0.3) is 11.4 Å². The number of rotatable bonds is 3. The summed E-state index contributed by atoms with van der Waals surface area (Å²) in [6, 6.07) is 6.10. The zero-order chi connectivity index (χ0) is 11.5. The van der Waals surface area contributed by atoms with Crippen molar-refractivity contribution in [3.05, 3.63) is 29.3 Å². The Hall–Kier alpha value is -1.42. The van der Waals surface area contributed by atoms with Crippen LogP contribution < -0.4 is 4.74 Å². The van der Waals surface area contributed by atoms with Crippen LogP contribution in [0.5, 0.6) is 5.75 Å². The molecule has 0 N–H and O–H groups in total. The van der Waals surface area contributed by atoms with Crippen molar-refractivity contribution in [2.24, 2.45) is 0 Å². The molecule has 2 aromatic rings. The Kier molecular flexibility index (Phi) is 3.19. The maximum absolute atomic E-state index is 5.49. The van der Waals surface area contributed by atoms with Crippen molar-refractivity contribution < 1.29 is 4.74 Å². The number of methoxy groups -OCH3 is 1. The van der Waals surface area contributed by atoms with Crippen LogP contribution in [0.1, 0.15) is 25.3 Å². The third kappa shape index (κ3) is 1.93. The molecule has 0 fully saturated rings. The van der Waals surface area contributed by atoms with E-state index in [0.717, 1.165) is 17.1 Å². The number of hydrogen-bond acceptors (Lipinski definition) is 4. The van der Waals surface area contributed by atoms with E-state index in [1.54, 1.807) is 12.6 Å². The van der Waals surface area contributed by atoms with Crippen LogP contribution >= 0.6 is 11.5 Å². The summed E-state index contributed by atoms with van der Waals surface area (Å²) in [5.41, 5.74) is 3.89. The fraction of sp³-hybridized carbons (Fsp3) is 0.333. The fourth-order valence-electron chi connectivity index (χ4n) is 1.70. The molecule has 0 unspecified atom stereocenters.